The van der Waals surface area contributed by atoms with Gasteiger partial charge in [0.05, 0.1) is 38.0 Å². The van der Waals surface area contributed by atoms with Crippen molar-refractivity contribution in [3.05, 3.63) is 53.6 Å². The average molecular weight is 453 g/mol. The Bertz CT molecular complexity index is 1090. The number of methoxy groups -OCH3 is 2. The highest BCUT2D eigenvalue weighted by Gasteiger charge is 2.28. The molecule has 3 aromatic heterocycles. The molecule has 0 spiro atoms. The van der Waals surface area contributed by atoms with Gasteiger partial charge in [0, 0.05) is 31.1 Å². The van der Waals surface area contributed by atoms with Gasteiger partial charge in [-0.2, -0.15) is 5.10 Å². The van der Waals surface area contributed by atoms with Crippen molar-refractivity contribution in [2.24, 2.45) is 0 Å². The van der Waals surface area contributed by atoms with E-state index in [4.69, 9.17) is 19.9 Å². The summed E-state index contributed by atoms with van der Waals surface area (Å²) in [4.78, 5) is 10.5. The normalized spacial score (nSPS) is 15.8. The summed E-state index contributed by atoms with van der Waals surface area (Å²) in [6.07, 6.45) is 3.97. The number of nitrogen functional groups attached to an aromatic ring is 1. The summed E-state index contributed by atoms with van der Waals surface area (Å²) >= 11 is 0. The van der Waals surface area contributed by atoms with E-state index in [1.54, 1.807) is 44.8 Å². The fraction of sp³-hybridized carbons (Fsp3) is 0.391. The van der Waals surface area contributed by atoms with Gasteiger partial charge >= 0.3 is 0 Å². The maximum absolute atomic E-state index is 11.0. The molecular weight excluding hydrogens is 424 g/mol. The Morgan fingerprint density at radius 1 is 1.03 bits per heavy atom. The fourth-order valence-electron chi connectivity index (χ4n) is 4.01. The molecule has 3 aromatic rings. The Kier molecular flexibility index (Phi) is 6.85. The van der Waals surface area contributed by atoms with E-state index >= 15 is 0 Å². The minimum Gasteiger partial charge on any atom is -0.493 e. The van der Waals surface area contributed by atoms with Gasteiger partial charge in [0.15, 0.2) is 17.7 Å². The third kappa shape index (κ3) is 5.12. The number of nitrogens with zero attached hydrogens (tertiary/aromatic N) is 5. The molecule has 10 heteroatoms. The molecule has 10 nitrogen and oxygen atoms in total. The van der Waals surface area contributed by atoms with Crippen LogP contribution in [0.15, 0.2) is 36.7 Å². The summed E-state index contributed by atoms with van der Waals surface area (Å²) in [5.74, 6) is 2.63. The van der Waals surface area contributed by atoms with Crippen LogP contribution in [0.3, 0.4) is 0 Å². The van der Waals surface area contributed by atoms with Crippen molar-refractivity contribution in [2.45, 2.75) is 31.9 Å². The molecule has 3 N–H and O–H groups in total. The van der Waals surface area contributed by atoms with Gasteiger partial charge < -0.3 is 25.1 Å². The number of likely N-dealkylation sites (tertiary alicyclic amines) is 1. The largest absolute Gasteiger partial charge is 0.493 e. The molecule has 1 fully saturated rings. The minimum absolute atomic E-state index is 0.290. The predicted octanol–water partition coefficient (Wildman–Crippen LogP) is 2.84. The van der Waals surface area contributed by atoms with Crippen LogP contribution >= 0.6 is 0 Å². The second-order valence-electron chi connectivity index (χ2n) is 7.92. The molecule has 1 aliphatic heterocycles. The van der Waals surface area contributed by atoms with Gasteiger partial charge in [0.1, 0.15) is 11.6 Å². The molecule has 4 rings (SSSR count). The number of rotatable bonds is 7. The van der Waals surface area contributed by atoms with Gasteiger partial charge in [-0.05, 0) is 37.5 Å². The first kappa shape index (κ1) is 22.7. The summed E-state index contributed by atoms with van der Waals surface area (Å²) in [7, 11) is 3.10. The summed E-state index contributed by atoms with van der Waals surface area (Å²) in [5, 5.41) is 19.2. The number of aliphatic hydroxyl groups excluding tert-OH is 1. The van der Waals surface area contributed by atoms with Crippen molar-refractivity contribution in [3.63, 3.8) is 0 Å². The molecular formula is C23H28N6O4. The Labute approximate surface area is 192 Å². The fourth-order valence-corrected chi connectivity index (χ4v) is 4.01. The Morgan fingerprint density at radius 2 is 1.82 bits per heavy atom. The lowest BCUT2D eigenvalue weighted by molar-refractivity contribution is -0.0166. The highest BCUT2D eigenvalue weighted by atomic mass is 16.5. The van der Waals surface area contributed by atoms with Crippen LogP contribution < -0.4 is 19.9 Å². The molecule has 0 aromatic carbocycles. The number of hydrogen-bond acceptors (Lipinski definition) is 10. The Balaban J connectivity index is 1.42. The molecule has 1 saturated heterocycles. The first-order valence-electron chi connectivity index (χ1n) is 10.7. The molecule has 1 unspecified atom stereocenters. The monoisotopic (exact) mass is 452 g/mol. The second-order valence-corrected chi connectivity index (χ2v) is 7.92. The van der Waals surface area contributed by atoms with E-state index in [9.17, 15) is 5.11 Å². The molecule has 0 bridgehead atoms. The van der Waals surface area contributed by atoms with Gasteiger partial charge in [-0.15, -0.1) is 5.10 Å². The first-order chi connectivity index (χ1) is 16.0. The average Bonchev–Trinajstić information content (AvgIpc) is 2.84. The van der Waals surface area contributed by atoms with Crippen molar-refractivity contribution >= 4 is 5.82 Å². The molecule has 1 atom stereocenters. The first-order valence-corrected chi connectivity index (χ1v) is 10.7. The zero-order chi connectivity index (χ0) is 23.4. The Morgan fingerprint density at radius 3 is 2.45 bits per heavy atom. The van der Waals surface area contributed by atoms with Crippen LogP contribution in [0.2, 0.25) is 0 Å². The van der Waals surface area contributed by atoms with E-state index in [0.717, 1.165) is 24.1 Å². The van der Waals surface area contributed by atoms with E-state index in [1.165, 1.54) is 0 Å². The Hall–Kier alpha value is -3.50. The topological polar surface area (TPSA) is 129 Å². The molecule has 0 radical (unpaired) electrons. The quantitative estimate of drug-likeness (QED) is 0.552. The third-order valence-electron chi connectivity index (χ3n) is 5.79. The van der Waals surface area contributed by atoms with Crippen LogP contribution in [0.4, 0.5) is 5.82 Å². The van der Waals surface area contributed by atoms with E-state index in [0.29, 0.717) is 47.7 Å². The number of hydrogen-bond donors (Lipinski definition) is 2. The maximum atomic E-state index is 11.0. The lowest BCUT2D eigenvalue weighted by Gasteiger charge is -2.34. The van der Waals surface area contributed by atoms with E-state index in [-0.39, 0.29) is 5.92 Å². The summed E-state index contributed by atoms with van der Waals surface area (Å²) in [6, 6.07) is 6.99. The molecule has 0 amide bonds. The lowest BCUT2D eigenvalue weighted by Crippen LogP contribution is -2.36. The molecule has 174 valence electrons. The van der Waals surface area contributed by atoms with Crippen LogP contribution in [0.1, 0.15) is 41.9 Å². The third-order valence-corrected chi connectivity index (χ3v) is 5.79. The van der Waals surface area contributed by atoms with E-state index < -0.39 is 6.23 Å². The number of aromatic nitrogens is 4. The highest BCUT2D eigenvalue weighted by Crippen LogP contribution is 2.35. The van der Waals surface area contributed by atoms with Gasteiger partial charge in [0.2, 0.25) is 5.88 Å². The van der Waals surface area contributed by atoms with Gasteiger partial charge in [-0.1, -0.05) is 0 Å². The van der Waals surface area contributed by atoms with Gasteiger partial charge in [0.25, 0.3) is 0 Å². The van der Waals surface area contributed by atoms with Crippen LogP contribution in [0.5, 0.6) is 23.1 Å². The zero-order valence-corrected chi connectivity index (χ0v) is 18.9. The SMILES string of the molecule is COc1ccc(Oc2cnc(C(O)N3CCC(c4nnc(N)cc4C)CC3)cc2OC)cn1. The standard InChI is InChI=1S/C23H28N6O4/c1-14-10-20(24)27-28-22(14)15-6-8-29(9-7-15)23(30)17-11-18(31-2)19(13-25-17)33-16-4-5-21(32-3)26-12-16/h4-5,10-13,15,23,30H,6-9H2,1-3H3,(H2,24,27). The molecule has 0 aliphatic carbocycles. The zero-order valence-electron chi connectivity index (χ0n) is 18.9. The number of nitrogens with two attached hydrogens (primary N) is 1. The lowest BCUT2D eigenvalue weighted by atomic mass is 9.91. The van der Waals surface area contributed by atoms with Crippen LogP contribution in [-0.2, 0) is 0 Å². The summed E-state index contributed by atoms with van der Waals surface area (Å²) in [5.41, 5.74) is 8.25. The van der Waals surface area contributed by atoms with Crippen LogP contribution in [0.25, 0.3) is 0 Å². The number of ether oxygens (including phenoxy) is 3. The number of pyridine rings is 2. The summed E-state index contributed by atoms with van der Waals surface area (Å²) < 4.78 is 16.4. The van der Waals surface area contributed by atoms with Crippen LogP contribution in [0, 0.1) is 6.92 Å². The van der Waals surface area contributed by atoms with Gasteiger partial charge in [-0.25, -0.2) is 4.98 Å². The van der Waals surface area contributed by atoms with Crippen molar-refractivity contribution in [1.82, 2.24) is 25.1 Å². The maximum Gasteiger partial charge on any atom is 0.213 e. The van der Waals surface area contributed by atoms with Gasteiger partial charge in [-0.3, -0.25) is 9.88 Å². The van der Waals surface area contributed by atoms with Crippen molar-refractivity contribution in [2.75, 3.05) is 33.0 Å². The molecule has 33 heavy (non-hydrogen) atoms. The highest BCUT2D eigenvalue weighted by molar-refractivity contribution is 5.42. The number of piperidine rings is 1. The van der Waals surface area contributed by atoms with Crippen LogP contribution in [-0.4, -0.2) is 57.5 Å². The molecule has 4 heterocycles. The second kappa shape index (κ2) is 9.97. The van der Waals surface area contributed by atoms with E-state index in [2.05, 4.69) is 20.2 Å². The van der Waals surface area contributed by atoms with Crippen molar-refractivity contribution < 1.29 is 19.3 Å². The summed E-state index contributed by atoms with van der Waals surface area (Å²) in [6.45, 7) is 3.41. The smallest absolute Gasteiger partial charge is 0.213 e. The van der Waals surface area contributed by atoms with Crippen molar-refractivity contribution in [1.29, 1.82) is 0 Å². The molecule has 1 aliphatic rings. The number of aliphatic hydroxyl groups is 1. The van der Waals surface area contributed by atoms with E-state index in [1.807, 2.05) is 17.9 Å². The predicted molar refractivity (Wildman–Crippen MR) is 121 cm³/mol. The minimum atomic E-state index is -0.852. The van der Waals surface area contributed by atoms with Crippen molar-refractivity contribution in [3.8, 4) is 23.1 Å². The number of anilines is 1. The number of aryl methyl sites for hydroxylation is 1. The molecule has 0 saturated carbocycles.